The minimum Gasteiger partial charge on any atom is -0.348 e. The number of para-hydroxylation sites is 1. The van der Waals surface area contributed by atoms with E-state index in [1.807, 2.05) is 62.4 Å². The number of carbonyl (C=O) groups is 2. The molecule has 6 nitrogen and oxygen atoms in total. The summed E-state index contributed by atoms with van der Waals surface area (Å²) in [5, 5.41) is 6.38. The van der Waals surface area contributed by atoms with Crippen molar-refractivity contribution in [1.82, 2.24) is 9.88 Å². The SMILES string of the molecule is Cc1cccc(NC(=O)Cn2c(=O)cc(C(=O)NCc3ccccc3)c3ccccc32)c1C. The van der Waals surface area contributed by atoms with Crippen LogP contribution in [0.25, 0.3) is 10.9 Å². The molecule has 0 saturated carbocycles. The van der Waals surface area contributed by atoms with Gasteiger partial charge in [-0.25, -0.2) is 0 Å². The van der Waals surface area contributed by atoms with Gasteiger partial charge < -0.3 is 10.6 Å². The van der Waals surface area contributed by atoms with E-state index < -0.39 is 5.56 Å². The molecule has 2 amide bonds. The lowest BCUT2D eigenvalue weighted by molar-refractivity contribution is -0.116. The van der Waals surface area contributed by atoms with Crippen molar-refractivity contribution in [2.45, 2.75) is 26.9 Å². The average Bonchev–Trinajstić information content (AvgIpc) is 2.82. The monoisotopic (exact) mass is 439 g/mol. The highest BCUT2D eigenvalue weighted by atomic mass is 16.2. The van der Waals surface area contributed by atoms with Crippen molar-refractivity contribution in [2.24, 2.45) is 0 Å². The third-order valence-electron chi connectivity index (χ3n) is 5.74. The second kappa shape index (κ2) is 9.53. The third kappa shape index (κ3) is 4.85. The van der Waals surface area contributed by atoms with Crippen LogP contribution >= 0.6 is 0 Å². The predicted molar refractivity (Wildman–Crippen MR) is 130 cm³/mol. The lowest BCUT2D eigenvalue weighted by atomic mass is 10.1. The number of anilines is 1. The molecule has 1 heterocycles. The number of aryl methyl sites for hydroxylation is 1. The Morgan fingerprint density at radius 1 is 0.879 bits per heavy atom. The quantitative estimate of drug-likeness (QED) is 0.473. The molecule has 6 heteroatoms. The number of rotatable bonds is 6. The molecule has 4 aromatic rings. The van der Waals surface area contributed by atoms with Crippen molar-refractivity contribution >= 4 is 28.4 Å². The predicted octanol–water partition coefficient (Wildman–Crippen LogP) is 4.19. The Balaban J connectivity index is 1.61. The zero-order chi connectivity index (χ0) is 23.4. The number of pyridine rings is 1. The van der Waals surface area contributed by atoms with E-state index in [9.17, 15) is 14.4 Å². The minimum atomic E-state index is -0.408. The Morgan fingerprint density at radius 2 is 1.61 bits per heavy atom. The number of amides is 2. The molecule has 0 spiro atoms. The normalized spacial score (nSPS) is 10.7. The molecule has 166 valence electrons. The van der Waals surface area contributed by atoms with Gasteiger partial charge in [0.25, 0.3) is 11.5 Å². The van der Waals surface area contributed by atoms with Crippen molar-refractivity contribution < 1.29 is 9.59 Å². The van der Waals surface area contributed by atoms with Gasteiger partial charge in [-0.1, -0.05) is 60.7 Å². The van der Waals surface area contributed by atoms with Crippen LogP contribution in [0, 0.1) is 13.8 Å². The highest BCUT2D eigenvalue weighted by Gasteiger charge is 2.16. The van der Waals surface area contributed by atoms with E-state index in [-0.39, 0.29) is 23.9 Å². The Hall–Kier alpha value is -4.19. The summed E-state index contributed by atoms with van der Waals surface area (Å²) in [6.45, 7) is 4.12. The minimum absolute atomic E-state index is 0.154. The van der Waals surface area contributed by atoms with Gasteiger partial charge in [0.05, 0.1) is 11.1 Å². The summed E-state index contributed by atoms with van der Waals surface area (Å²) in [7, 11) is 0. The first-order valence-corrected chi connectivity index (χ1v) is 10.7. The molecule has 2 N–H and O–H groups in total. The van der Waals surface area contributed by atoms with E-state index in [4.69, 9.17) is 0 Å². The maximum atomic E-state index is 12.9. The molecule has 3 aromatic carbocycles. The number of nitrogens with one attached hydrogen (secondary N) is 2. The standard InChI is InChI=1S/C27H25N3O3/c1-18-9-8-13-23(19(18)2)29-25(31)17-30-24-14-7-6-12-21(24)22(15-26(30)32)27(33)28-16-20-10-4-3-5-11-20/h3-15H,16-17H2,1-2H3,(H,28,33)(H,29,31). The fraction of sp³-hybridized carbons (Fsp3) is 0.148. The Morgan fingerprint density at radius 3 is 2.39 bits per heavy atom. The lowest BCUT2D eigenvalue weighted by Crippen LogP contribution is -2.30. The molecule has 0 saturated heterocycles. The summed E-state index contributed by atoms with van der Waals surface area (Å²) in [5.74, 6) is -0.642. The molecule has 0 aliphatic heterocycles. The Bertz CT molecular complexity index is 1390. The molecule has 0 aliphatic rings. The summed E-state index contributed by atoms with van der Waals surface area (Å²) in [4.78, 5) is 38.6. The molecule has 0 radical (unpaired) electrons. The van der Waals surface area contributed by atoms with Crippen molar-refractivity contribution in [3.63, 3.8) is 0 Å². The molecule has 0 aliphatic carbocycles. The van der Waals surface area contributed by atoms with E-state index in [0.717, 1.165) is 16.7 Å². The number of fused-ring (bicyclic) bond motifs is 1. The van der Waals surface area contributed by atoms with Gasteiger partial charge in [0, 0.05) is 23.7 Å². The third-order valence-corrected chi connectivity index (χ3v) is 5.74. The zero-order valence-electron chi connectivity index (χ0n) is 18.6. The van der Waals surface area contributed by atoms with Crippen LogP contribution in [0.3, 0.4) is 0 Å². The molecule has 1 aromatic heterocycles. The van der Waals surface area contributed by atoms with Crippen molar-refractivity contribution in [2.75, 3.05) is 5.32 Å². The van der Waals surface area contributed by atoms with E-state index in [2.05, 4.69) is 10.6 Å². The topological polar surface area (TPSA) is 80.2 Å². The number of aromatic nitrogens is 1. The smallest absolute Gasteiger partial charge is 0.252 e. The zero-order valence-corrected chi connectivity index (χ0v) is 18.6. The number of hydrogen-bond acceptors (Lipinski definition) is 3. The van der Waals surface area contributed by atoms with Crippen LogP contribution in [0.5, 0.6) is 0 Å². The van der Waals surface area contributed by atoms with E-state index in [1.165, 1.54) is 10.6 Å². The molecule has 0 atom stereocenters. The first kappa shape index (κ1) is 22.0. The van der Waals surface area contributed by atoms with Gasteiger partial charge in [0.1, 0.15) is 6.54 Å². The van der Waals surface area contributed by atoms with Crippen LogP contribution < -0.4 is 16.2 Å². The van der Waals surface area contributed by atoms with Gasteiger partial charge in [-0.2, -0.15) is 0 Å². The van der Waals surface area contributed by atoms with E-state index >= 15 is 0 Å². The summed E-state index contributed by atoms with van der Waals surface area (Å²) < 4.78 is 1.39. The Kier molecular flexibility index (Phi) is 6.36. The number of nitrogens with zero attached hydrogens (tertiary/aromatic N) is 1. The van der Waals surface area contributed by atoms with Crippen LogP contribution in [0.1, 0.15) is 27.0 Å². The molecular weight excluding hydrogens is 414 g/mol. The maximum absolute atomic E-state index is 12.9. The average molecular weight is 440 g/mol. The highest BCUT2D eigenvalue weighted by Crippen LogP contribution is 2.19. The summed E-state index contributed by atoms with van der Waals surface area (Å²) >= 11 is 0. The van der Waals surface area contributed by atoms with Gasteiger partial charge in [0.15, 0.2) is 0 Å². The van der Waals surface area contributed by atoms with Crippen LogP contribution in [0.15, 0.2) is 83.7 Å². The fourth-order valence-electron chi connectivity index (χ4n) is 3.78. The van der Waals surface area contributed by atoms with Crippen LogP contribution in [-0.4, -0.2) is 16.4 Å². The summed E-state index contributed by atoms with van der Waals surface area (Å²) in [5.41, 5.74) is 4.15. The van der Waals surface area contributed by atoms with Gasteiger partial charge in [-0.05, 0) is 42.7 Å². The van der Waals surface area contributed by atoms with Gasteiger partial charge in [-0.15, -0.1) is 0 Å². The van der Waals surface area contributed by atoms with Gasteiger partial charge in [0.2, 0.25) is 5.91 Å². The van der Waals surface area contributed by atoms with Gasteiger partial charge >= 0.3 is 0 Å². The summed E-state index contributed by atoms with van der Waals surface area (Å²) in [6, 6.07) is 23.7. The largest absolute Gasteiger partial charge is 0.348 e. The molecule has 0 fully saturated rings. The molecule has 0 unspecified atom stereocenters. The van der Waals surface area contributed by atoms with E-state index in [0.29, 0.717) is 23.1 Å². The molecule has 0 bridgehead atoms. The highest BCUT2D eigenvalue weighted by molar-refractivity contribution is 6.06. The van der Waals surface area contributed by atoms with Crippen molar-refractivity contribution in [3.8, 4) is 0 Å². The first-order valence-electron chi connectivity index (χ1n) is 10.7. The molecule has 4 rings (SSSR count). The number of carbonyl (C=O) groups excluding carboxylic acids is 2. The second-order valence-corrected chi connectivity index (χ2v) is 7.96. The first-order chi connectivity index (χ1) is 15.9. The second-order valence-electron chi connectivity index (χ2n) is 7.96. The van der Waals surface area contributed by atoms with E-state index in [1.54, 1.807) is 24.3 Å². The van der Waals surface area contributed by atoms with Gasteiger partial charge in [-0.3, -0.25) is 19.0 Å². The summed E-state index contributed by atoms with van der Waals surface area (Å²) in [6.07, 6.45) is 0. The number of hydrogen-bond donors (Lipinski definition) is 2. The van der Waals surface area contributed by atoms with Crippen molar-refractivity contribution in [1.29, 1.82) is 0 Å². The Labute approximate surface area is 191 Å². The van der Waals surface area contributed by atoms with Crippen molar-refractivity contribution in [3.05, 3.63) is 111 Å². The lowest BCUT2D eigenvalue weighted by Gasteiger charge is -2.15. The van der Waals surface area contributed by atoms with Crippen LogP contribution in [-0.2, 0) is 17.9 Å². The molecular formula is C27H25N3O3. The molecule has 33 heavy (non-hydrogen) atoms. The fourth-order valence-corrected chi connectivity index (χ4v) is 3.78. The van der Waals surface area contributed by atoms with Crippen LogP contribution in [0.2, 0.25) is 0 Å². The number of benzene rings is 3. The van der Waals surface area contributed by atoms with Crippen LogP contribution in [0.4, 0.5) is 5.69 Å². The maximum Gasteiger partial charge on any atom is 0.252 e.